The Morgan fingerprint density at radius 1 is 1.36 bits per heavy atom. The molecule has 2 rings (SSSR count). The summed E-state index contributed by atoms with van der Waals surface area (Å²) in [5.74, 6) is 0.0218. The van der Waals surface area contributed by atoms with Crippen LogP contribution in [0.4, 0.5) is 13.2 Å². The molecule has 7 heteroatoms. The molecule has 0 unspecified atom stereocenters. The Hall–Kier alpha value is -1.79. The first-order valence-corrected chi connectivity index (χ1v) is 7.31. The van der Waals surface area contributed by atoms with Gasteiger partial charge >= 0.3 is 6.18 Å². The number of nitrogens with one attached hydrogen (secondary N) is 1. The molecule has 0 radical (unpaired) electrons. The molecule has 1 aliphatic carbocycles. The number of ether oxygens (including phenoxy) is 1. The third-order valence-electron chi connectivity index (χ3n) is 3.81. The van der Waals surface area contributed by atoms with Crippen LogP contribution in [0, 0.1) is 5.92 Å². The summed E-state index contributed by atoms with van der Waals surface area (Å²) in [5.41, 5.74) is 0.317. The van der Waals surface area contributed by atoms with Crippen molar-refractivity contribution >= 4 is 5.91 Å². The molecule has 1 amide bonds. The van der Waals surface area contributed by atoms with E-state index in [0.29, 0.717) is 11.5 Å². The number of carbonyl (C=O) groups is 1. The van der Waals surface area contributed by atoms with Crippen molar-refractivity contribution in [3.8, 4) is 5.88 Å². The molecular formula is C15H19F3N2O2. The molecule has 0 aliphatic heterocycles. The second-order valence-corrected chi connectivity index (χ2v) is 5.63. The van der Waals surface area contributed by atoms with Crippen molar-refractivity contribution < 1.29 is 22.7 Å². The van der Waals surface area contributed by atoms with E-state index in [0.717, 1.165) is 19.3 Å². The zero-order chi connectivity index (χ0) is 16.2. The topological polar surface area (TPSA) is 51.2 Å². The number of aromatic nitrogens is 1. The molecule has 1 aliphatic rings. The minimum Gasteiger partial charge on any atom is -0.468 e. The number of carbonyl (C=O) groups excluding carboxylic acids is 1. The second kappa shape index (κ2) is 6.98. The molecule has 2 atom stereocenters. The molecule has 0 spiro atoms. The Kier molecular flexibility index (Phi) is 5.26. The summed E-state index contributed by atoms with van der Waals surface area (Å²) in [6.07, 6.45) is 1.14. The third-order valence-corrected chi connectivity index (χ3v) is 3.81. The molecule has 0 aromatic carbocycles. The lowest BCUT2D eigenvalue weighted by atomic mass is 9.86. The second-order valence-electron chi connectivity index (χ2n) is 5.63. The molecule has 0 saturated heterocycles. The first-order chi connectivity index (χ1) is 10.3. The fraction of sp³-hybridized carbons (Fsp3) is 0.600. The van der Waals surface area contributed by atoms with Gasteiger partial charge in [-0.15, -0.1) is 0 Å². The number of halogens is 3. The minimum absolute atomic E-state index is 0.141. The van der Waals surface area contributed by atoms with E-state index in [4.69, 9.17) is 0 Å². The quantitative estimate of drug-likeness (QED) is 0.927. The van der Waals surface area contributed by atoms with Crippen molar-refractivity contribution in [3.63, 3.8) is 0 Å². The molecule has 1 heterocycles. The molecule has 1 aromatic heterocycles. The molecule has 4 nitrogen and oxygen atoms in total. The number of rotatable bonds is 4. The van der Waals surface area contributed by atoms with Crippen LogP contribution >= 0.6 is 0 Å². The van der Waals surface area contributed by atoms with E-state index in [1.165, 1.54) is 24.8 Å². The molecule has 122 valence electrons. The van der Waals surface area contributed by atoms with E-state index in [1.54, 1.807) is 0 Å². The third kappa shape index (κ3) is 4.89. The molecule has 1 saturated carbocycles. The number of pyridine rings is 1. The summed E-state index contributed by atoms with van der Waals surface area (Å²) in [5, 5.41) is 2.96. The van der Waals surface area contributed by atoms with Crippen LogP contribution in [-0.4, -0.2) is 29.7 Å². The molecule has 22 heavy (non-hydrogen) atoms. The van der Waals surface area contributed by atoms with Gasteiger partial charge in [0.05, 0.1) is 5.56 Å². The fourth-order valence-electron chi connectivity index (χ4n) is 2.54. The maximum atomic E-state index is 12.1. The van der Waals surface area contributed by atoms with Crippen molar-refractivity contribution in [1.29, 1.82) is 0 Å². The van der Waals surface area contributed by atoms with Gasteiger partial charge in [0.15, 0.2) is 6.61 Å². The summed E-state index contributed by atoms with van der Waals surface area (Å²) in [4.78, 5) is 15.8. The van der Waals surface area contributed by atoms with Gasteiger partial charge in [0.25, 0.3) is 5.91 Å². The van der Waals surface area contributed by atoms with E-state index >= 15 is 0 Å². The molecule has 1 fully saturated rings. The fourth-order valence-corrected chi connectivity index (χ4v) is 2.54. The van der Waals surface area contributed by atoms with Crippen molar-refractivity contribution in [2.75, 3.05) is 6.61 Å². The SMILES string of the molecule is C[C@@H]1CCCC[C@@H]1NC(=O)c1ccc(OCC(F)(F)F)nc1. The van der Waals surface area contributed by atoms with E-state index < -0.39 is 12.8 Å². The highest BCUT2D eigenvalue weighted by molar-refractivity contribution is 5.94. The molecule has 1 aromatic rings. The van der Waals surface area contributed by atoms with Crippen LogP contribution in [0.15, 0.2) is 18.3 Å². The van der Waals surface area contributed by atoms with Crippen molar-refractivity contribution in [2.45, 2.75) is 44.8 Å². The van der Waals surface area contributed by atoms with Gasteiger partial charge in [0.1, 0.15) is 0 Å². The average molecular weight is 316 g/mol. The van der Waals surface area contributed by atoms with Crippen molar-refractivity contribution in [1.82, 2.24) is 10.3 Å². The largest absolute Gasteiger partial charge is 0.468 e. The van der Waals surface area contributed by atoms with Crippen LogP contribution in [0.5, 0.6) is 5.88 Å². The highest BCUT2D eigenvalue weighted by Gasteiger charge is 2.28. The monoisotopic (exact) mass is 316 g/mol. The maximum absolute atomic E-state index is 12.1. The Balaban J connectivity index is 1.90. The molecule has 1 N–H and O–H groups in total. The lowest BCUT2D eigenvalue weighted by molar-refractivity contribution is -0.154. The van der Waals surface area contributed by atoms with Crippen LogP contribution in [0.2, 0.25) is 0 Å². The van der Waals surface area contributed by atoms with Gasteiger partial charge < -0.3 is 10.1 Å². The van der Waals surface area contributed by atoms with E-state index in [9.17, 15) is 18.0 Å². The van der Waals surface area contributed by atoms with Crippen LogP contribution in [0.3, 0.4) is 0 Å². The summed E-state index contributed by atoms with van der Waals surface area (Å²) < 4.78 is 40.6. The first kappa shape index (κ1) is 16.6. The van der Waals surface area contributed by atoms with E-state index in [2.05, 4.69) is 22.0 Å². The Labute approximate surface area is 127 Å². The minimum atomic E-state index is -4.41. The van der Waals surface area contributed by atoms with Crippen LogP contribution in [0.1, 0.15) is 43.0 Å². The van der Waals surface area contributed by atoms with Crippen molar-refractivity contribution in [3.05, 3.63) is 23.9 Å². The van der Waals surface area contributed by atoms with Gasteiger partial charge in [-0.05, 0) is 24.8 Å². The lowest BCUT2D eigenvalue weighted by Gasteiger charge is -2.29. The Bertz CT molecular complexity index is 503. The molecule has 0 bridgehead atoms. The van der Waals surface area contributed by atoms with Gasteiger partial charge in [-0.3, -0.25) is 4.79 Å². The normalized spacial score (nSPS) is 22.2. The average Bonchev–Trinajstić information content (AvgIpc) is 2.47. The number of alkyl halides is 3. The zero-order valence-corrected chi connectivity index (χ0v) is 12.3. The zero-order valence-electron chi connectivity index (χ0n) is 12.3. The number of hydrogen-bond donors (Lipinski definition) is 1. The van der Waals surface area contributed by atoms with Gasteiger partial charge in [0.2, 0.25) is 5.88 Å². The predicted octanol–water partition coefficient (Wildman–Crippen LogP) is 3.33. The summed E-state index contributed by atoms with van der Waals surface area (Å²) in [7, 11) is 0. The van der Waals surface area contributed by atoms with E-state index in [-0.39, 0.29) is 17.8 Å². The highest BCUT2D eigenvalue weighted by atomic mass is 19.4. The molecular weight excluding hydrogens is 297 g/mol. The smallest absolute Gasteiger partial charge is 0.422 e. The van der Waals surface area contributed by atoms with Gasteiger partial charge in [0, 0.05) is 18.3 Å². The van der Waals surface area contributed by atoms with Gasteiger partial charge in [-0.25, -0.2) is 4.98 Å². The van der Waals surface area contributed by atoms with E-state index in [1.807, 2.05) is 0 Å². The number of amides is 1. The highest BCUT2D eigenvalue weighted by Crippen LogP contribution is 2.24. The van der Waals surface area contributed by atoms with Crippen LogP contribution in [0.25, 0.3) is 0 Å². The number of nitrogens with zero attached hydrogens (tertiary/aromatic N) is 1. The van der Waals surface area contributed by atoms with Gasteiger partial charge in [-0.2, -0.15) is 13.2 Å². The summed E-state index contributed by atoms with van der Waals surface area (Å²) in [6, 6.07) is 2.83. The summed E-state index contributed by atoms with van der Waals surface area (Å²) in [6.45, 7) is 0.710. The Morgan fingerprint density at radius 2 is 2.09 bits per heavy atom. The maximum Gasteiger partial charge on any atom is 0.422 e. The van der Waals surface area contributed by atoms with Crippen LogP contribution < -0.4 is 10.1 Å². The number of hydrogen-bond acceptors (Lipinski definition) is 3. The standard InChI is InChI=1S/C15H19F3N2O2/c1-10-4-2-3-5-12(10)20-14(21)11-6-7-13(19-8-11)22-9-15(16,17)18/h6-8,10,12H,2-5,9H2,1H3,(H,20,21)/t10-,12+/m1/s1. The predicted molar refractivity (Wildman–Crippen MR) is 74.7 cm³/mol. The van der Waals surface area contributed by atoms with Crippen molar-refractivity contribution in [2.24, 2.45) is 5.92 Å². The lowest BCUT2D eigenvalue weighted by Crippen LogP contribution is -2.41. The first-order valence-electron chi connectivity index (χ1n) is 7.31. The summed E-state index contributed by atoms with van der Waals surface area (Å²) >= 11 is 0. The van der Waals surface area contributed by atoms with Gasteiger partial charge in [-0.1, -0.05) is 19.8 Å². The van der Waals surface area contributed by atoms with Crippen LogP contribution in [-0.2, 0) is 0 Å². The Morgan fingerprint density at radius 3 is 2.68 bits per heavy atom.